The van der Waals surface area contributed by atoms with E-state index in [0.29, 0.717) is 0 Å². The highest BCUT2D eigenvalue weighted by molar-refractivity contribution is 5.23. The summed E-state index contributed by atoms with van der Waals surface area (Å²) in [6, 6.07) is 1.93. The lowest BCUT2D eigenvalue weighted by molar-refractivity contribution is 0.406. The van der Waals surface area contributed by atoms with Gasteiger partial charge in [0, 0.05) is 12.0 Å². The second-order valence-electron chi connectivity index (χ2n) is 2.34. The lowest BCUT2D eigenvalue weighted by atomic mass is 9.83. The Kier molecular flexibility index (Phi) is 1.04. The molecule has 0 aromatic carbocycles. The van der Waals surface area contributed by atoms with E-state index in [2.05, 4.69) is 5.16 Å². The van der Waals surface area contributed by atoms with Crippen molar-refractivity contribution in [2.75, 3.05) is 0 Å². The minimum Gasteiger partial charge on any atom is -0.364 e. The molecule has 1 aliphatic carbocycles. The van der Waals surface area contributed by atoms with Crippen LogP contribution in [-0.2, 0) is 0 Å². The zero-order valence-electron chi connectivity index (χ0n) is 5.13. The Morgan fingerprint density at radius 2 is 2.33 bits per heavy atom. The van der Waals surface area contributed by atoms with Gasteiger partial charge in [-0.1, -0.05) is 11.6 Å². The van der Waals surface area contributed by atoms with Crippen molar-refractivity contribution < 1.29 is 4.52 Å². The Labute approximate surface area is 53.9 Å². The van der Waals surface area contributed by atoms with Gasteiger partial charge in [0.05, 0.1) is 5.69 Å². The quantitative estimate of drug-likeness (QED) is 0.567. The molecule has 1 saturated carbocycles. The molecule has 1 fully saturated rings. The number of hydrogen-bond acceptors (Lipinski definition) is 2. The largest absolute Gasteiger partial charge is 0.364 e. The van der Waals surface area contributed by atoms with Gasteiger partial charge in [-0.05, 0) is 12.8 Å². The van der Waals surface area contributed by atoms with Crippen LogP contribution in [0.3, 0.4) is 0 Å². The van der Waals surface area contributed by atoms with Crippen molar-refractivity contribution in [3.63, 3.8) is 0 Å². The van der Waals surface area contributed by atoms with Crippen molar-refractivity contribution >= 4 is 0 Å². The Balaban J connectivity index is 2.14. The molecule has 0 unspecified atom stereocenters. The van der Waals surface area contributed by atoms with Crippen LogP contribution in [0.4, 0.5) is 0 Å². The fourth-order valence-corrected chi connectivity index (χ4v) is 1.00. The minimum atomic E-state index is 1.06. The number of aromatic nitrogens is 1. The van der Waals surface area contributed by atoms with Crippen LogP contribution in [0.25, 0.3) is 0 Å². The van der Waals surface area contributed by atoms with Crippen molar-refractivity contribution in [1.29, 1.82) is 0 Å². The molecule has 0 atom stereocenters. The monoisotopic (exact) mass is 122 g/mol. The van der Waals surface area contributed by atoms with Crippen molar-refractivity contribution in [3.05, 3.63) is 23.9 Å². The van der Waals surface area contributed by atoms with E-state index >= 15 is 0 Å². The molecule has 1 aromatic heterocycles. The Morgan fingerprint density at radius 1 is 1.44 bits per heavy atom. The van der Waals surface area contributed by atoms with Crippen LogP contribution < -0.4 is 0 Å². The molecule has 2 heteroatoms. The molecule has 9 heavy (non-hydrogen) atoms. The van der Waals surface area contributed by atoms with Gasteiger partial charge in [0.15, 0.2) is 0 Å². The van der Waals surface area contributed by atoms with Gasteiger partial charge >= 0.3 is 0 Å². The number of hydrogen-bond donors (Lipinski definition) is 0. The predicted octanol–water partition coefficient (Wildman–Crippen LogP) is 1.78. The second-order valence-corrected chi connectivity index (χ2v) is 2.34. The van der Waals surface area contributed by atoms with E-state index in [9.17, 15) is 0 Å². The summed E-state index contributed by atoms with van der Waals surface area (Å²) in [7, 11) is 0. The average Bonchev–Trinajstić information content (AvgIpc) is 2.11. The van der Waals surface area contributed by atoms with Gasteiger partial charge in [0.25, 0.3) is 0 Å². The highest BCUT2D eigenvalue weighted by Crippen LogP contribution is 2.33. The Morgan fingerprint density at radius 3 is 2.78 bits per heavy atom. The number of nitrogens with zero attached hydrogens (tertiary/aromatic N) is 1. The van der Waals surface area contributed by atoms with Gasteiger partial charge in [0.1, 0.15) is 6.26 Å². The van der Waals surface area contributed by atoms with E-state index in [0.717, 1.165) is 5.69 Å². The summed E-state index contributed by atoms with van der Waals surface area (Å²) < 4.78 is 4.70. The first-order valence-corrected chi connectivity index (χ1v) is 3.22. The van der Waals surface area contributed by atoms with Crippen LogP contribution in [0.2, 0.25) is 0 Å². The van der Waals surface area contributed by atoms with Crippen LogP contribution in [0, 0.1) is 5.92 Å². The van der Waals surface area contributed by atoms with Gasteiger partial charge in [-0.2, -0.15) is 0 Å². The molecule has 2 rings (SSSR count). The van der Waals surface area contributed by atoms with Gasteiger partial charge in [-0.3, -0.25) is 0 Å². The SMILES string of the molecule is c1cc([C]2CCC2)no1. The van der Waals surface area contributed by atoms with Gasteiger partial charge in [-0.15, -0.1) is 0 Å². The van der Waals surface area contributed by atoms with Crippen LogP contribution in [0.5, 0.6) is 0 Å². The predicted molar refractivity (Wildman–Crippen MR) is 32.7 cm³/mol. The topological polar surface area (TPSA) is 26.0 Å². The maximum atomic E-state index is 4.70. The highest BCUT2D eigenvalue weighted by Gasteiger charge is 2.22. The first-order valence-electron chi connectivity index (χ1n) is 3.22. The first kappa shape index (κ1) is 5.03. The van der Waals surface area contributed by atoms with Crippen LogP contribution in [0.1, 0.15) is 25.0 Å². The third kappa shape index (κ3) is 0.745. The van der Waals surface area contributed by atoms with E-state index in [-0.39, 0.29) is 0 Å². The average molecular weight is 122 g/mol. The summed E-state index contributed by atoms with van der Waals surface area (Å²) in [6.45, 7) is 0. The lowest BCUT2D eigenvalue weighted by Gasteiger charge is -2.21. The summed E-state index contributed by atoms with van der Waals surface area (Å²) in [5, 5.41) is 3.83. The van der Waals surface area contributed by atoms with E-state index in [4.69, 9.17) is 4.52 Å². The van der Waals surface area contributed by atoms with Gasteiger partial charge in [-0.25, -0.2) is 0 Å². The molecule has 1 radical (unpaired) electrons. The summed E-state index contributed by atoms with van der Waals surface area (Å²) in [6.07, 6.45) is 5.38. The summed E-state index contributed by atoms with van der Waals surface area (Å²) in [5.74, 6) is 1.45. The third-order valence-electron chi connectivity index (χ3n) is 1.76. The van der Waals surface area contributed by atoms with Crippen molar-refractivity contribution in [2.24, 2.45) is 0 Å². The summed E-state index contributed by atoms with van der Waals surface area (Å²) in [4.78, 5) is 0. The molecular formula is C7H8NO. The molecule has 47 valence electrons. The van der Waals surface area contributed by atoms with Crippen molar-refractivity contribution in [2.45, 2.75) is 19.3 Å². The van der Waals surface area contributed by atoms with Crippen molar-refractivity contribution in [3.8, 4) is 0 Å². The molecule has 1 aliphatic rings. The maximum Gasteiger partial charge on any atom is 0.124 e. The molecule has 0 bridgehead atoms. The smallest absolute Gasteiger partial charge is 0.124 e. The van der Waals surface area contributed by atoms with Crippen LogP contribution >= 0.6 is 0 Å². The maximum absolute atomic E-state index is 4.70. The van der Waals surface area contributed by atoms with E-state index in [1.807, 2.05) is 6.07 Å². The first-order chi connectivity index (χ1) is 4.47. The molecular weight excluding hydrogens is 114 g/mol. The fraction of sp³-hybridized carbons (Fsp3) is 0.429. The lowest BCUT2D eigenvalue weighted by Crippen LogP contribution is -2.09. The standard InChI is InChI=1S/C7H8NO/c1-2-6(3-1)7-4-5-9-8-7/h4-5H,1-3H2. The normalized spacial score (nSPS) is 19.6. The van der Waals surface area contributed by atoms with Gasteiger partial charge < -0.3 is 4.52 Å². The minimum absolute atomic E-state index is 1.06. The number of rotatable bonds is 1. The van der Waals surface area contributed by atoms with Crippen LogP contribution in [-0.4, -0.2) is 5.16 Å². The highest BCUT2D eigenvalue weighted by atomic mass is 16.5. The molecule has 1 heterocycles. The van der Waals surface area contributed by atoms with E-state index < -0.39 is 0 Å². The van der Waals surface area contributed by atoms with E-state index in [1.165, 1.54) is 25.2 Å². The zero-order valence-corrected chi connectivity index (χ0v) is 5.13. The second kappa shape index (κ2) is 1.87. The molecule has 0 saturated heterocycles. The Hall–Kier alpha value is -0.790. The van der Waals surface area contributed by atoms with Crippen LogP contribution in [0.15, 0.2) is 16.9 Å². The molecule has 0 spiro atoms. The third-order valence-corrected chi connectivity index (χ3v) is 1.76. The summed E-state index contributed by atoms with van der Waals surface area (Å²) in [5.41, 5.74) is 1.06. The zero-order chi connectivity index (χ0) is 6.10. The Bertz CT molecular complexity index is 177. The van der Waals surface area contributed by atoms with Crippen molar-refractivity contribution in [1.82, 2.24) is 5.16 Å². The van der Waals surface area contributed by atoms with E-state index in [1.54, 1.807) is 6.26 Å². The molecule has 0 aliphatic heterocycles. The molecule has 0 amide bonds. The van der Waals surface area contributed by atoms with Gasteiger partial charge in [0.2, 0.25) is 0 Å². The molecule has 1 aromatic rings. The molecule has 2 nitrogen and oxygen atoms in total. The molecule has 0 N–H and O–H groups in total. The fourth-order valence-electron chi connectivity index (χ4n) is 1.00. The summed E-state index contributed by atoms with van der Waals surface area (Å²) >= 11 is 0.